The van der Waals surface area contributed by atoms with E-state index in [1.165, 1.54) is 0 Å². The highest BCUT2D eigenvalue weighted by Crippen LogP contribution is 2.22. The summed E-state index contributed by atoms with van der Waals surface area (Å²) < 4.78 is 1.76. The molecule has 1 amide bonds. The first-order chi connectivity index (χ1) is 9.10. The van der Waals surface area contributed by atoms with Crippen LogP contribution in [0.4, 0.5) is 0 Å². The Hall–Kier alpha value is -1.36. The maximum Gasteiger partial charge on any atom is 0.223 e. The predicted molar refractivity (Wildman–Crippen MR) is 72.5 cm³/mol. The van der Waals surface area contributed by atoms with E-state index in [9.17, 15) is 9.90 Å². The highest BCUT2D eigenvalue weighted by atomic mass is 16.3. The Labute approximate surface area is 114 Å². The molecule has 2 rings (SSSR count). The van der Waals surface area contributed by atoms with Crippen LogP contribution in [-0.2, 0) is 18.3 Å². The Morgan fingerprint density at radius 1 is 1.53 bits per heavy atom. The Kier molecular flexibility index (Phi) is 4.58. The Bertz CT molecular complexity index is 430. The molecule has 1 aromatic rings. The molecular formula is C14H23N3O2. The van der Waals surface area contributed by atoms with Crippen molar-refractivity contribution in [3.05, 3.63) is 18.0 Å². The monoisotopic (exact) mass is 265 g/mol. The molecule has 1 fully saturated rings. The van der Waals surface area contributed by atoms with Crippen LogP contribution in [0.1, 0.15) is 31.7 Å². The number of carbonyl (C=O) groups is 1. The van der Waals surface area contributed by atoms with Crippen molar-refractivity contribution in [2.45, 2.75) is 38.6 Å². The summed E-state index contributed by atoms with van der Waals surface area (Å²) in [6.07, 6.45) is 7.02. The van der Waals surface area contributed by atoms with Gasteiger partial charge in [-0.05, 0) is 37.7 Å². The average Bonchev–Trinajstić information content (AvgIpc) is 2.82. The third-order valence-electron chi connectivity index (χ3n) is 3.94. The lowest BCUT2D eigenvalue weighted by atomic mass is 9.93. The number of nitrogens with zero attached hydrogens (tertiary/aromatic N) is 3. The van der Waals surface area contributed by atoms with Gasteiger partial charge in [-0.2, -0.15) is 5.10 Å². The molecule has 19 heavy (non-hydrogen) atoms. The van der Waals surface area contributed by atoms with Crippen molar-refractivity contribution in [1.82, 2.24) is 14.7 Å². The van der Waals surface area contributed by atoms with Crippen LogP contribution < -0.4 is 0 Å². The van der Waals surface area contributed by atoms with Gasteiger partial charge in [0.2, 0.25) is 5.91 Å². The van der Waals surface area contributed by atoms with Crippen molar-refractivity contribution in [1.29, 1.82) is 0 Å². The summed E-state index contributed by atoms with van der Waals surface area (Å²) in [7, 11) is 1.88. The van der Waals surface area contributed by atoms with Crippen LogP contribution in [0.3, 0.4) is 0 Å². The molecule has 0 aliphatic carbocycles. The molecule has 0 saturated carbocycles. The van der Waals surface area contributed by atoms with Crippen LogP contribution in [0.2, 0.25) is 0 Å². The summed E-state index contributed by atoms with van der Waals surface area (Å²) in [5.74, 6) is 0.438. The van der Waals surface area contributed by atoms with Crippen molar-refractivity contribution < 1.29 is 9.90 Å². The molecular weight excluding hydrogens is 242 g/mol. The van der Waals surface area contributed by atoms with Crippen LogP contribution in [-0.4, -0.2) is 44.9 Å². The molecule has 2 unspecified atom stereocenters. The van der Waals surface area contributed by atoms with Gasteiger partial charge >= 0.3 is 0 Å². The van der Waals surface area contributed by atoms with Crippen LogP contribution in [0.5, 0.6) is 0 Å². The lowest BCUT2D eigenvalue weighted by Gasteiger charge is -2.37. The number of amides is 1. The van der Waals surface area contributed by atoms with Crippen molar-refractivity contribution in [2.24, 2.45) is 13.0 Å². The number of carbonyl (C=O) groups excluding carboxylic acids is 1. The van der Waals surface area contributed by atoms with E-state index in [1.54, 1.807) is 4.68 Å². The zero-order valence-corrected chi connectivity index (χ0v) is 11.7. The molecule has 2 atom stereocenters. The minimum absolute atomic E-state index is 0.180. The molecule has 106 valence electrons. The zero-order chi connectivity index (χ0) is 13.8. The molecule has 1 saturated heterocycles. The minimum Gasteiger partial charge on any atom is -0.396 e. The smallest absolute Gasteiger partial charge is 0.223 e. The number of hydrogen-bond acceptors (Lipinski definition) is 3. The van der Waals surface area contributed by atoms with E-state index in [0.29, 0.717) is 19.0 Å². The highest BCUT2D eigenvalue weighted by Gasteiger charge is 2.28. The fourth-order valence-corrected chi connectivity index (χ4v) is 2.67. The molecule has 1 aromatic heterocycles. The number of likely N-dealkylation sites (tertiary alicyclic amines) is 1. The molecule has 5 heteroatoms. The largest absolute Gasteiger partial charge is 0.396 e. The lowest BCUT2D eigenvalue weighted by molar-refractivity contribution is -0.135. The number of aryl methyl sites for hydroxylation is 2. The molecule has 1 N–H and O–H groups in total. The molecule has 1 aliphatic heterocycles. The molecule has 5 nitrogen and oxygen atoms in total. The first-order valence-electron chi connectivity index (χ1n) is 6.98. The fraction of sp³-hybridized carbons (Fsp3) is 0.714. The van der Waals surface area contributed by atoms with Crippen molar-refractivity contribution in [3.63, 3.8) is 0 Å². The normalized spacial score (nSPS) is 23.6. The van der Waals surface area contributed by atoms with Gasteiger partial charge in [0.1, 0.15) is 0 Å². The van der Waals surface area contributed by atoms with Crippen LogP contribution in [0.15, 0.2) is 12.4 Å². The second-order valence-corrected chi connectivity index (χ2v) is 5.54. The summed E-state index contributed by atoms with van der Waals surface area (Å²) in [5, 5.41) is 13.3. The van der Waals surface area contributed by atoms with E-state index >= 15 is 0 Å². The van der Waals surface area contributed by atoms with Crippen LogP contribution in [0.25, 0.3) is 0 Å². The second kappa shape index (κ2) is 6.19. The number of piperidine rings is 1. The lowest BCUT2D eigenvalue weighted by Crippen LogP contribution is -2.46. The maximum absolute atomic E-state index is 12.3. The maximum atomic E-state index is 12.3. The molecule has 0 radical (unpaired) electrons. The summed E-state index contributed by atoms with van der Waals surface area (Å²) in [6, 6.07) is 0.296. The summed E-state index contributed by atoms with van der Waals surface area (Å²) in [6.45, 7) is 2.97. The van der Waals surface area contributed by atoms with E-state index in [-0.39, 0.29) is 18.4 Å². The average molecular weight is 265 g/mol. The van der Waals surface area contributed by atoms with Gasteiger partial charge in [0.15, 0.2) is 0 Å². The molecule has 0 bridgehead atoms. The standard InChI is InChI=1S/C14H23N3O2/c1-11-3-4-13(10-18)9-17(11)14(19)6-5-12-7-15-16(2)8-12/h7-8,11,13,18H,3-6,9-10H2,1-2H3. The number of rotatable bonds is 4. The van der Waals surface area contributed by atoms with E-state index in [2.05, 4.69) is 12.0 Å². The van der Waals surface area contributed by atoms with Gasteiger partial charge in [-0.3, -0.25) is 9.48 Å². The van der Waals surface area contributed by atoms with E-state index in [0.717, 1.165) is 24.8 Å². The Balaban J connectivity index is 1.87. The van der Waals surface area contributed by atoms with Crippen LogP contribution in [0, 0.1) is 5.92 Å². The summed E-state index contributed by atoms with van der Waals surface area (Å²) >= 11 is 0. The summed E-state index contributed by atoms with van der Waals surface area (Å²) in [4.78, 5) is 14.2. The van der Waals surface area contributed by atoms with Gasteiger partial charge in [0.25, 0.3) is 0 Å². The number of aliphatic hydroxyl groups excluding tert-OH is 1. The number of hydrogen-bond donors (Lipinski definition) is 1. The van der Waals surface area contributed by atoms with E-state index in [4.69, 9.17) is 0 Å². The fourth-order valence-electron chi connectivity index (χ4n) is 2.67. The van der Waals surface area contributed by atoms with E-state index in [1.807, 2.05) is 24.3 Å². The third-order valence-corrected chi connectivity index (χ3v) is 3.94. The van der Waals surface area contributed by atoms with Gasteiger partial charge < -0.3 is 10.0 Å². The highest BCUT2D eigenvalue weighted by molar-refractivity contribution is 5.76. The van der Waals surface area contributed by atoms with Gasteiger partial charge in [-0.25, -0.2) is 0 Å². The Morgan fingerprint density at radius 2 is 2.32 bits per heavy atom. The first kappa shape index (κ1) is 14.1. The number of aliphatic hydroxyl groups is 1. The molecule has 0 aromatic carbocycles. The van der Waals surface area contributed by atoms with Crippen LogP contribution >= 0.6 is 0 Å². The third kappa shape index (κ3) is 3.56. The van der Waals surface area contributed by atoms with Crippen molar-refractivity contribution >= 4 is 5.91 Å². The summed E-state index contributed by atoms with van der Waals surface area (Å²) in [5.41, 5.74) is 1.10. The van der Waals surface area contributed by atoms with Gasteiger partial charge in [0, 0.05) is 38.9 Å². The van der Waals surface area contributed by atoms with Gasteiger partial charge in [-0.15, -0.1) is 0 Å². The van der Waals surface area contributed by atoms with E-state index < -0.39 is 0 Å². The quantitative estimate of drug-likeness (QED) is 0.882. The molecule has 2 heterocycles. The minimum atomic E-state index is 0.180. The van der Waals surface area contributed by atoms with Crippen molar-refractivity contribution in [2.75, 3.05) is 13.2 Å². The predicted octanol–water partition coefficient (Wildman–Crippen LogP) is 0.972. The first-order valence-corrected chi connectivity index (χ1v) is 6.98. The van der Waals surface area contributed by atoms with Gasteiger partial charge in [-0.1, -0.05) is 0 Å². The topological polar surface area (TPSA) is 58.4 Å². The molecule has 1 aliphatic rings. The van der Waals surface area contributed by atoms with Crippen molar-refractivity contribution in [3.8, 4) is 0 Å². The zero-order valence-electron chi connectivity index (χ0n) is 11.7. The number of aromatic nitrogens is 2. The molecule has 0 spiro atoms. The Morgan fingerprint density at radius 3 is 2.95 bits per heavy atom. The van der Waals surface area contributed by atoms with Gasteiger partial charge in [0.05, 0.1) is 6.20 Å². The second-order valence-electron chi connectivity index (χ2n) is 5.54. The SMILES string of the molecule is CC1CCC(CO)CN1C(=O)CCc1cnn(C)c1.